The molecular formula is C17H24N4O3. The second-order valence-corrected chi connectivity index (χ2v) is 6.09. The minimum absolute atomic E-state index is 0.0186. The molecule has 0 aromatic carbocycles. The van der Waals surface area contributed by atoms with Crippen molar-refractivity contribution >= 4 is 0 Å². The molecule has 1 fully saturated rings. The Kier molecular flexibility index (Phi) is 5.32. The van der Waals surface area contributed by atoms with E-state index in [0.29, 0.717) is 19.1 Å². The van der Waals surface area contributed by atoms with E-state index in [1.165, 1.54) is 0 Å². The lowest BCUT2D eigenvalue weighted by molar-refractivity contribution is 0.138. The molecule has 7 heteroatoms. The molecule has 1 unspecified atom stereocenters. The maximum atomic E-state index is 5.99. The summed E-state index contributed by atoms with van der Waals surface area (Å²) < 4.78 is 18.5. The van der Waals surface area contributed by atoms with Crippen LogP contribution in [0.5, 0.6) is 11.6 Å². The molecule has 2 aromatic rings. The summed E-state index contributed by atoms with van der Waals surface area (Å²) in [6.07, 6.45) is 4.38. The highest BCUT2D eigenvalue weighted by Gasteiger charge is 2.31. The third-order valence-electron chi connectivity index (χ3n) is 4.00. The van der Waals surface area contributed by atoms with E-state index in [9.17, 15) is 0 Å². The molecule has 130 valence electrons. The summed E-state index contributed by atoms with van der Waals surface area (Å²) >= 11 is 0. The van der Waals surface area contributed by atoms with Gasteiger partial charge in [0.2, 0.25) is 5.88 Å². The minimum atomic E-state index is -0.0186. The molecule has 3 rings (SSSR count). The van der Waals surface area contributed by atoms with E-state index in [-0.39, 0.29) is 18.2 Å². The fourth-order valence-corrected chi connectivity index (χ4v) is 2.86. The lowest BCUT2D eigenvalue weighted by Crippen LogP contribution is -2.46. The summed E-state index contributed by atoms with van der Waals surface area (Å²) in [5.74, 6) is 1.41. The molecule has 0 amide bonds. The van der Waals surface area contributed by atoms with Crippen LogP contribution < -0.4 is 14.8 Å². The van der Waals surface area contributed by atoms with E-state index in [1.54, 1.807) is 18.0 Å². The van der Waals surface area contributed by atoms with Crippen LogP contribution in [0.4, 0.5) is 0 Å². The molecule has 0 spiro atoms. The zero-order valence-electron chi connectivity index (χ0n) is 14.3. The highest BCUT2D eigenvalue weighted by atomic mass is 16.5. The molecule has 3 heterocycles. The van der Waals surface area contributed by atoms with Gasteiger partial charge in [0.05, 0.1) is 38.8 Å². The van der Waals surface area contributed by atoms with Crippen molar-refractivity contribution in [1.82, 2.24) is 20.1 Å². The molecule has 0 saturated carbocycles. The van der Waals surface area contributed by atoms with Gasteiger partial charge in [-0.2, -0.15) is 5.10 Å². The number of nitrogens with zero attached hydrogens (tertiary/aromatic N) is 3. The molecule has 24 heavy (non-hydrogen) atoms. The van der Waals surface area contributed by atoms with Crippen molar-refractivity contribution in [3.63, 3.8) is 0 Å². The van der Waals surface area contributed by atoms with E-state index in [0.717, 1.165) is 17.9 Å². The first-order chi connectivity index (χ1) is 11.6. The normalized spacial score (nSPS) is 21.6. The molecule has 3 atom stereocenters. The lowest BCUT2D eigenvalue weighted by Gasteiger charge is -2.23. The molecule has 2 aromatic heterocycles. The van der Waals surface area contributed by atoms with Gasteiger partial charge in [-0.1, -0.05) is 6.07 Å². The fourth-order valence-electron chi connectivity index (χ4n) is 2.86. The second-order valence-electron chi connectivity index (χ2n) is 6.09. The third kappa shape index (κ3) is 4.24. The number of rotatable bonds is 7. The zero-order valence-corrected chi connectivity index (χ0v) is 14.3. The maximum Gasteiger partial charge on any atom is 0.213 e. The Labute approximate surface area is 141 Å². The van der Waals surface area contributed by atoms with Gasteiger partial charge >= 0.3 is 0 Å². The minimum Gasteiger partial charge on any atom is -0.483 e. The summed E-state index contributed by atoms with van der Waals surface area (Å²) in [4.78, 5) is 4.46. The molecule has 0 aliphatic carbocycles. The molecule has 0 bridgehead atoms. The van der Waals surface area contributed by atoms with E-state index >= 15 is 0 Å². The number of ether oxygens (including phenoxy) is 3. The molecule has 1 aliphatic rings. The Bertz CT molecular complexity index is 661. The average Bonchev–Trinajstić information content (AvgIpc) is 3.17. The van der Waals surface area contributed by atoms with Crippen LogP contribution in [0.3, 0.4) is 0 Å². The summed E-state index contributed by atoms with van der Waals surface area (Å²) in [6.45, 7) is 3.36. The van der Waals surface area contributed by atoms with Crippen LogP contribution in [0.25, 0.3) is 0 Å². The molecule has 0 radical (unpaired) electrons. The number of hydrogen-bond donors (Lipinski definition) is 1. The highest BCUT2D eigenvalue weighted by molar-refractivity contribution is 5.16. The number of hydrogen-bond acceptors (Lipinski definition) is 6. The van der Waals surface area contributed by atoms with Crippen molar-refractivity contribution in [3.05, 3.63) is 36.3 Å². The van der Waals surface area contributed by atoms with Gasteiger partial charge in [-0.15, -0.1) is 0 Å². The third-order valence-corrected chi connectivity index (χ3v) is 4.00. The Morgan fingerprint density at radius 3 is 3.04 bits per heavy atom. The summed E-state index contributed by atoms with van der Waals surface area (Å²) in [7, 11) is 3.50. The van der Waals surface area contributed by atoms with Gasteiger partial charge in [0.1, 0.15) is 6.10 Å². The standard InChI is InChI=1S/C17H24N4O3/c1-12(7-13-5-4-6-17(20-13)22-3)19-15-10-23-11-16(15)24-14-8-18-21(2)9-14/h4-6,8-9,12,15-16,19H,7,10-11H2,1-3H3/t12?,15-,16+/m0/s1. The van der Waals surface area contributed by atoms with E-state index in [2.05, 4.69) is 22.3 Å². The number of aromatic nitrogens is 3. The van der Waals surface area contributed by atoms with Gasteiger partial charge in [0.25, 0.3) is 0 Å². The fraction of sp³-hybridized carbons (Fsp3) is 0.529. The predicted molar refractivity (Wildman–Crippen MR) is 89.3 cm³/mol. The number of methoxy groups -OCH3 is 1. The Morgan fingerprint density at radius 1 is 1.42 bits per heavy atom. The number of pyridine rings is 1. The van der Waals surface area contributed by atoms with Gasteiger partial charge in [-0.05, 0) is 13.0 Å². The van der Waals surface area contributed by atoms with Gasteiger partial charge in [-0.25, -0.2) is 4.98 Å². The van der Waals surface area contributed by atoms with Crippen molar-refractivity contribution < 1.29 is 14.2 Å². The topological polar surface area (TPSA) is 70.4 Å². The summed E-state index contributed by atoms with van der Waals surface area (Å²) in [6, 6.07) is 6.21. The first-order valence-corrected chi connectivity index (χ1v) is 8.13. The second kappa shape index (κ2) is 7.63. The van der Waals surface area contributed by atoms with Gasteiger partial charge < -0.3 is 19.5 Å². The predicted octanol–water partition coefficient (Wildman–Crippen LogP) is 1.19. The van der Waals surface area contributed by atoms with E-state index < -0.39 is 0 Å². The largest absolute Gasteiger partial charge is 0.483 e. The smallest absolute Gasteiger partial charge is 0.213 e. The number of nitrogens with one attached hydrogen (secondary N) is 1. The van der Waals surface area contributed by atoms with Crippen molar-refractivity contribution in [2.75, 3.05) is 20.3 Å². The van der Waals surface area contributed by atoms with Crippen LogP contribution in [0.15, 0.2) is 30.6 Å². The van der Waals surface area contributed by atoms with E-state index in [1.807, 2.05) is 31.4 Å². The monoisotopic (exact) mass is 332 g/mol. The Balaban J connectivity index is 1.55. The number of aryl methyl sites for hydroxylation is 1. The van der Waals surface area contributed by atoms with Crippen LogP contribution in [0.1, 0.15) is 12.6 Å². The first kappa shape index (κ1) is 16.7. The van der Waals surface area contributed by atoms with Crippen LogP contribution in [0, 0.1) is 0 Å². The summed E-state index contributed by atoms with van der Waals surface area (Å²) in [5, 5.41) is 7.71. The molecule has 1 aliphatic heterocycles. The SMILES string of the molecule is COc1cccc(CC(C)N[C@H]2COC[C@H]2Oc2cnn(C)c2)n1. The highest BCUT2D eigenvalue weighted by Crippen LogP contribution is 2.17. The lowest BCUT2D eigenvalue weighted by atomic mass is 10.1. The molecule has 7 nitrogen and oxygen atoms in total. The van der Waals surface area contributed by atoms with Gasteiger partial charge in [-0.3, -0.25) is 4.68 Å². The molecule has 1 N–H and O–H groups in total. The van der Waals surface area contributed by atoms with Crippen LogP contribution in [-0.4, -0.2) is 53.3 Å². The van der Waals surface area contributed by atoms with Crippen LogP contribution in [-0.2, 0) is 18.2 Å². The first-order valence-electron chi connectivity index (χ1n) is 8.13. The zero-order chi connectivity index (χ0) is 16.9. The van der Waals surface area contributed by atoms with Crippen LogP contribution in [0.2, 0.25) is 0 Å². The van der Waals surface area contributed by atoms with Crippen molar-refractivity contribution in [2.24, 2.45) is 7.05 Å². The van der Waals surface area contributed by atoms with Crippen molar-refractivity contribution in [2.45, 2.75) is 31.5 Å². The van der Waals surface area contributed by atoms with E-state index in [4.69, 9.17) is 14.2 Å². The van der Waals surface area contributed by atoms with Gasteiger partial charge in [0.15, 0.2) is 5.75 Å². The molecule has 1 saturated heterocycles. The Morgan fingerprint density at radius 2 is 2.29 bits per heavy atom. The quantitative estimate of drug-likeness (QED) is 0.821. The summed E-state index contributed by atoms with van der Waals surface area (Å²) in [5.41, 5.74) is 0.998. The van der Waals surface area contributed by atoms with Crippen LogP contribution >= 0.6 is 0 Å². The van der Waals surface area contributed by atoms with Gasteiger partial charge in [0, 0.05) is 31.3 Å². The van der Waals surface area contributed by atoms with Crippen molar-refractivity contribution in [1.29, 1.82) is 0 Å². The van der Waals surface area contributed by atoms with Crippen molar-refractivity contribution in [3.8, 4) is 11.6 Å². The molecular weight excluding hydrogens is 308 g/mol. The Hall–Kier alpha value is -2.12. The average molecular weight is 332 g/mol. The maximum absolute atomic E-state index is 5.99.